The fourth-order valence-electron chi connectivity index (χ4n) is 2.60. The summed E-state index contributed by atoms with van der Waals surface area (Å²) in [4.78, 5) is 12.6. The Bertz CT molecular complexity index is 1060. The third-order valence-corrected chi connectivity index (χ3v) is 5.04. The lowest BCUT2D eigenvalue weighted by atomic mass is 10.2. The molecule has 0 radical (unpaired) electrons. The Labute approximate surface area is 183 Å². The zero-order valence-corrected chi connectivity index (χ0v) is 18.0. The van der Waals surface area contributed by atoms with Crippen molar-refractivity contribution in [2.24, 2.45) is 0 Å². The van der Waals surface area contributed by atoms with Gasteiger partial charge in [-0.2, -0.15) is 13.9 Å². The lowest BCUT2D eigenvalue weighted by molar-refractivity contribution is -0.0501. The standard InChI is InChI=1S/C19H14BrCl2F2N3O2/c1-10-6-17(26-27(10)9-11-2-4-13(21)8-15(11)22)25-18(28)14-7-12(20)3-5-16(14)29-19(23)24/h2-8,19H,9H2,1H3,(H,25,26,28). The van der Waals surface area contributed by atoms with Crippen LogP contribution >= 0.6 is 39.1 Å². The minimum absolute atomic E-state index is 0.0485. The van der Waals surface area contributed by atoms with Crippen molar-refractivity contribution in [3.05, 3.63) is 73.8 Å². The Morgan fingerprint density at radius 3 is 2.69 bits per heavy atom. The van der Waals surface area contributed by atoms with Crippen LogP contribution in [0.4, 0.5) is 14.6 Å². The van der Waals surface area contributed by atoms with Gasteiger partial charge in [0.05, 0.1) is 12.1 Å². The van der Waals surface area contributed by atoms with Crippen LogP contribution < -0.4 is 10.1 Å². The molecule has 3 rings (SSSR count). The van der Waals surface area contributed by atoms with Crippen LogP contribution in [0.5, 0.6) is 5.75 Å². The van der Waals surface area contributed by atoms with E-state index in [2.05, 4.69) is 31.1 Å². The van der Waals surface area contributed by atoms with Gasteiger partial charge in [0.2, 0.25) is 0 Å². The normalized spacial score (nSPS) is 11.0. The molecular weight excluding hydrogens is 491 g/mol. The number of ether oxygens (including phenoxy) is 1. The number of amides is 1. The number of aromatic nitrogens is 2. The summed E-state index contributed by atoms with van der Waals surface area (Å²) < 4.78 is 31.8. The molecule has 0 spiro atoms. The molecule has 0 saturated carbocycles. The van der Waals surface area contributed by atoms with Gasteiger partial charge in [-0.25, -0.2) is 0 Å². The van der Waals surface area contributed by atoms with Gasteiger partial charge in [0.15, 0.2) is 5.82 Å². The monoisotopic (exact) mass is 503 g/mol. The minimum Gasteiger partial charge on any atom is -0.434 e. The summed E-state index contributed by atoms with van der Waals surface area (Å²) in [6, 6.07) is 11.0. The van der Waals surface area contributed by atoms with Crippen molar-refractivity contribution in [1.82, 2.24) is 9.78 Å². The predicted molar refractivity (Wildman–Crippen MR) is 111 cm³/mol. The fraction of sp³-hybridized carbons (Fsp3) is 0.158. The molecule has 1 aromatic heterocycles. The SMILES string of the molecule is Cc1cc(NC(=O)c2cc(Br)ccc2OC(F)F)nn1Cc1ccc(Cl)cc1Cl. The van der Waals surface area contributed by atoms with Gasteiger partial charge in [0.1, 0.15) is 5.75 Å². The van der Waals surface area contributed by atoms with Gasteiger partial charge in [-0.3, -0.25) is 9.48 Å². The van der Waals surface area contributed by atoms with Crippen molar-refractivity contribution in [3.8, 4) is 5.75 Å². The molecule has 1 amide bonds. The van der Waals surface area contributed by atoms with Gasteiger partial charge in [0.25, 0.3) is 5.91 Å². The number of alkyl halides is 2. The first-order chi connectivity index (χ1) is 13.7. The van der Waals surface area contributed by atoms with Gasteiger partial charge in [-0.05, 0) is 42.8 Å². The molecule has 0 atom stereocenters. The maximum absolute atomic E-state index is 12.6. The van der Waals surface area contributed by atoms with E-state index >= 15 is 0 Å². The summed E-state index contributed by atoms with van der Waals surface area (Å²) in [6.07, 6.45) is 0. The number of benzene rings is 2. The highest BCUT2D eigenvalue weighted by Gasteiger charge is 2.18. The maximum Gasteiger partial charge on any atom is 0.387 e. The molecule has 2 aromatic carbocycles. The van der Waals surface area contributed by atoms with Crippen LogP contribution in [-0.4, -0.2) is 22.3 Å². The first kappa shape index (κ1) is 21.5. The number of carbonyl (C=O) groups is 1. The van der Waals surface area contributed by atoms with Crippen LogP contribution in [0.2, 0.25) is 10.0 Å². The van der Waals surface area contributed by atoms with Crippen LogP contribution in [0.1, 0.15) is 21.6 Å². The Morgan fingerprint density at radius 1 is 1.24 bits per heavy atom. The fourth-order valence-corrected chi connectivity index (χ4v) is 3.43. The highest BCUT2D eigenvalue weighted by molar-refractivity contribution is 9.10. The molecule has 29 heavy (non-hydrogen) atoms. The molecular formula is C19H14BrCl2F2N3O2. The van der Waals surface area contributed by atoms with Gasteiger partial charge in [0, 0.05) is 26.3 Å². The molecule has 1 heterocycles. The van der Waals surface area contributed by atoms with Crippen molar-refractivity contribution in [1.29, 1.82) is 0 Å². The number of anilines is 1. The van der Waals surface area contributed by atoms with E-state index in [9.17, 15) is 13.6 Å². The number of hydrogen-bond donors (Lipinski definition) is 1. The quantitative estimate of drug-likeness (QED) is 0.437. The summed E-state index contributed by atoms with van der Waals surface area (Å²) in [7, 11) is 0. The Balaban J connectivity index is 1.80. The third-order valence-electron chi connectivity index (χ3n) is 3.96. The third kappa shape index (κ3) is 5.46. The number of halogens is 5. The van der Waals surface area contributed by atoms with Gasteiger partial charge < -0.3 is 10.1 Å². The lowest BCUT2D eigenvalue weighted by Gasteiger charge is -2.10. The molecule has 1 N–H and O–H groups in total. The van der Waals surface area contributed by atoms with Gasteiger partial charge >= 0.3 is 6.61 Å². The number of carbonyl (C=O) groups excluding carboxylic acids is 1. The molecule has 10 heteroatoms. The van der Waals surface area contributed by atoms with Crippen molar-refractivity contribution in [2.75, 3.05) is 5.32 Å². The van der Waals surface area contributed by atoms with Gasteiger partial charge in [-0.1, -0.05) is 45.2 Å². The average Bonchev–Trinajstić information content (AvgIpc) is 2.97. The van der Waals surface area contributed by atoms with Crippen LogP contribution in [0.15, 0.2) is 46.9 Å². The van der Waals surface area contributed by atoms with Crippen molar-refractivity contribution >= 4 is 50.9 Å². The maximum atomic E-state index is 12.6. The largest absolute Gasteiger partial charge is 0.434 e. The molecule has 0 saturated heterocycles. The Morgan fingerprint density at radius 2 is 2.00 bits per heavy atom. The van der Waals surface area contributed by atoms with E-state index in [1.54, 1.807) is 28.9 Å². The number of nitrogens with one attached hydrogen (secondary N) is 1. The molecule has 0 bridgehead atoms. The molecule has 0 fully saturated rings. The number of rotatable bonds is 6. The lowest BCUT2D eigenvalue weighted by Crippen LogP contribution is -2.15. The Kier molecular flexibility index (Phi) is 6.77. The summed E-state index contributed by atoms with van der Waals surface area (Å²) in [5, 5.41) is 7.97. The van der Waals surface area contributed by atoms with Crippen molar-refractivity contribution < 1.29 is 18.3 Å². The molecule has 0 aliphatic heterocycles. The first-order valence-corrected chi connectivity index (χ1v) is 9.82. The van der Waals surface area contributed by atoms with Crippen molar-refractivity contribution in [2.45, 2.75) is 20.1 Å². The van der Waals surface area contributed by atoms with E-state index in [-0.39, 0.29) is 17.1 Å². The van der Waals surface area contributed by atoms with E-state index in [4.69, 9.17) is 23.2 Å². The second kappa shape index (κ2) is 9.11. The number of nitrogens with zero attached hydrogens (tertiary/aromatic N) is 2. The predicted octanol–water partition coefficient (Wildman–Crippen LogP) is 6.16. The van der Waals surface area contributed by atoms with Crippen LogP contribution in [0.25, 0.3) is 0 Å². The van der Waals surface area contributed by atoms with Crippen LogP contribution in [0.3, 0.4) is 0 Å². The smallest absolute Gasteiger partial charge is 0.387 e. The minimum atomic E-state index is -3.05. The van der Waals surface area contributed by atoms with Crippen LogP contribution in [0, 0.1) is 6.92 Å². The summed E-state index contributed by atoms with van der Waals surface area (Å²) in [5.41, 5.74) is 1.52. The van der Waals surface area contributed by atoms with E-state index in [1.807, 2.05) is 6.92 Å². The van der Waals surface area contributed by atoms with E-state index in [1.165, 1.54) is 18.2 Å². The topological polar surface area (TPSA) is 56.1 Å². The molecule has 0 aliphatic carbocycles. The second-order valence-electron chi connectivity index (χ2n) is 6.04. The molecule has 0 unspecified atom stereocenters. The molecule has 152 valence electrons. The van der Waals surface area contributed by atoms with Crippen LogP contribution in [-0.2, 0) is 6.54 Å². The molecule has 3 aromatic rings. The van der Waals surface area contributed by atoms with E-state index < -0.39 is 12.5 Å². The molecule has 0 aliphatic rings. The zero-order valence-electron chi connectivity index (χ0n) is 14.9. The summed E-state index contributed by atoms with van der Waals surface area (Å²) in [5.74, 6) is -0.596. The summed E-state index contributed by atoms with van der Waals surface area (Å²) >= 11 is 15.3. The highest BCUT2D eigenvalue weighted by atomic mass is 79.9. The number of hydrogen-bond acceptors (Lipinski definition) is 3. The second-order valence-corrected chi connectivity index (χ2v) is 7.80. The molecule has 5 nitrogen and oxygen atoms in total. The zero-order chi connectivity index (χ0) is 21.1. The average molecular weight is 505 g/mol. The number of aryl methyl sites for hydroxylation is 1. The van der Waals surface area contributed by atoms with Crippen molar-refractivity contribution in [3.63, 3.8) is 0 Å². The van der Waals surface area contributed by atoms with E-state index in [0.717, 1.165) is 11.3 Å². The van der Waals surface area contributed by atoms with Gasteiger partial charge in [-0.15, -0.1) is 0 Å². The summed E-state index contributed by atoms with van der Waals surface area (Å²) in [6.45, 7) is -0.862. The first-order valence-electron chi connectivity index (χ1n) is 8.27. The highest BCUT2D eigenvalue weighted by Crippen LogP contribution is 2.26. The Hall–Kier alpha value is -2.16. The van der Waals surface area contributed by atoms with E-state index in [0.29, 0.717) is 21.1 Å².